The fraction of sp³-hybridized carbons (Fsp3) is 0.0732. The third-order valence-electron chi connectivity index (χ3n) is 9.58. The number of hydrogen-bond acceptors (Lipinski definition) is 19. The van der Waals surface area contributed by atoms with Crippen LogP contribution in [-0.2, 0) is 28.9 Å². The van der Waals surface area contributed by atoms with Crippen molar-refractivity contribution in [2.75, 3.05) is 12.4 Å². The Kier molecular flexibility index (Phi) is 12.6. The summed E-state index contributed by atoms with van der Waals surface area (Å²) in [5.74, 6) is 0.573. The van der Waals surface area contributed by atoms with Gasteiger partial charge in [0.05, 0.1) is 63.7 Å². The Labute approximate surface area is 365 Å². The van der Waals surface area contributed by atoms with Crippen LogP contribution in [0.15, 0.2) is 144 Å². The molecule has 0 atom stereocenters. The SMILES string of the molecule is COc1ccc(Nc2ccc3c(O)c(N=Nc4cc(C)c(N=Nc5ccc(-n6nc7ccc8c(SOOO)cc(S(=O)(=O)O)cc8c7n6)cc5)cc4C)c(SOOO)cc3c2)cc1. The van der Waals surface area contributed by atoms with E-state index in [9.17, 15) is 18.1 Å². The Morgan fingerprint density at radius 2 is 1.33 bits per heavy atom. The Bertz CT molecular complexity index is 3190. The first-order chi connectivity index (χ1) is 30.4. The van der Waals surface area contributed by atoms with Gasteiger partial charge in [-0.3, -0.25) is 4.55 Å². The fourth-order valence-electron chi connectivity index (χ4n) is 6.49. The van der Waals surface area contributed by atoms with Crippen LogP contribution in [0.5, 0.6) is 11.5 Å². The van der Waals surface area contributed by atoms with Crippen LogP contribution in [0.2, 0.25) is 0 Å². The summed E-state index contributed by atoms with van der Waals surface area (Å²) in [6.45, 7) is 3.68. The first-order valence-corrected chi connectivity index (χ1v) is 21.2. The molecule has 0 spiro atoms. The smallest absolute Gasteiger partial charge is 0.294 e. The van der Waals surface area contributed by atoms with E-state index in [0.717, 1.165) is 28.3 Å². The largest absolute Gasteiger partial charge is 0.505 e. The number of aromatic hydroxyl groups is 1. The number of phenols is 1. The molecular formula is C41H32N8O11S3. The van der Waals surface area contributed by atoms with Crippen LogP contribution in [0.25, 0.3) is 38.3 Å². The van der Waals surface area contributed by atoms with E-state index in [2.05, 4.69) is 50.4 Å². The summed E-state index contributed by atoms with van der Waals surface area (Å²) in [7, 11) is -3.01. The van der Waals surface area contributed by atoms with Crippen molar-refractivity contribution >= 4 is 101 Å². The minimum Gasteiger partial charge on any atom is -0.505 e. The van der Waals surface area contributed by atoms with Gasteiger partial charge in [-0.2, -0.15) is 28.6 Å². The molecule has 0 aliphatic carbocycles. The number of anilines is 2. The second-order valence-electron chi connectivity index (χ2n) is 13.6. The molecule has 0 amide bonds. The number of ether oxygens (including phenoxy) is 1. The summed E-state index contributed by atoms with van der Waals surface area (Å²) < 4.78 is 48.3. The van der Waals surface area contributed by atoms with Gasteiger partial charge in [-0.05, 0) is 133 Å². The number of azo groups is 2. The maximum absolute atomic E-state index is 12.0. The molecule has 0 unspecified atom stereocenters. The Balaban J connectivity index is 1.01. The third kappa shape index (κ3) is 9.45. The van der Waals surface area contributed by atoms with Gasteiger partial charge in [-0.25, -0.2) is 10.5 Å². The average Bonchev–Trinajstić information content (AvgIpc) is 3.73. The summed E-state index contributed by atoms with van der Waals surface area (Å²) in [6, 6.07) is 30.9. The Morgan fingerprint density at radius 3 is 2.00 bits per heavy atom. The highest BCUT2D eigenvalue weighted by Crippen LogP contribution is 2.45. The van der Waals surface area contributed by atoms with Crippen molar-refractivity contribution < 1.29 is 52.1 Å². The van der Waals surface area contributed by atoms with Crippen molar-refractivity contribution in [1.29, 1.82) is 0 Å². The third-order valence-corrected chi connectivity index (χ3v) is 11.7. The van der Waals surface area contributed by atoms with E-state index < -0.39 is 15.0 Å². The van der Waals surface area contributed by atoms with Crippen LogP contribution in [0.1, 0.15) is 11.1 Å². The highest BCUT2D eigenvalue weighted by molar-refractivity contribution is 7.95. The van der Waals surface area contributed by atoms with Gasteiger partial charge < -0.3 is 15.2 Å². The Hall–Kier alpha value is -6.57. The van der Waals surface area contributed by atoms with Crippen molar-refractivity contribution in [3.05, 3.63) is 120 Å². The second-order valence-corrected chi connectivity index (χ2v) is 16.5. The molecule has 8 aromatic rings. The summed E-state index contributed by atoms with van der Waals surface area (Å²) in [5.41, 5.74) is 6.12. The number of nitrogens with zero attached hydrogens (tertiary/aromatic N) is 7. The van der Waals surface area contributed by atoms with Gasteiger partial charge in [0, 0.05) is 32.4 Å². The molecular weight excluding hydrogens is 877 g/mol. The van der Waals surface area contributed by atoms with Gasteiger partial charge in [0.2, 0.25) is 0 Å². The van der Waals surface area contributed by atoms with E-state index in [0.29, 0.717) is 84.3 Å². The van der Waals surface area contributed by atoms with E-state index in [4.69, 9.17) is 19.6 Å². The number of aryl methyl sites for hydroxylation is 2. The number of phenolic OH excluding ortho intramolecular Hbond substituents is 1. The van der Waals surface area contributed by atoms with E-state index in [1.165, 1.54) is 16.9 Å². The maximum atomic E-state index is 12.0. The van der Waals surface area contributed by atoms with E-state index in [-0.39, 0.29) is 16.3 Å². The number of fused-ring (bicyclic) bond motifs is 4. The predicted octanol–water partition coefficient (Wildman–Crippen LogP) is 11.7. The molecule has 22 heteroatoms. The van der Waals surface area contributed by atoms with Gasteiger partial charge in [-0.1, -0.05) is 16.1 Å². The highest BCUT2D eigenvalue weighted by atomic mass is 32.2. The monoisotopic (exact) mass is 908 g/mol. The van der Waals surface area contributed by atoms with Gasteiger partial charge in [0.25, 0.3) is 10.1 Å². The first-order valence-electron chi connectivity index (χ1n) is 18.3. The summed E-state index contributed by atoms with van der Waals surface area (Å²) in [5, 5.41) is 68.6. The van der Waals surface area contributed by atoms with E-state index in [1.807, 2.05) is 50.2 Å². The number of aromatic nitrogens is 3. The summed E-state index contributed by atoms with van der Waals surface area (Å²) in [6.07, 6.45) is 0. The van der Waals surface area contributed by atoms with Crippen molar-refractivity contribution in [3.8, 4) is 17.2 Å². The van der Waals surface area contributed by atoms with Crippen LogP contribution < -0.4 is 10.1 Å². The lowest BCUT2D eigenvalue weighted by Gasteiger charge is -2.12. The van der Waals surface area contributed by atoms with Crippen molar-refractivity contribution in [2.45, 2.75) is 28.5 Å². The van der Waals surface area contributed by atoms with Gasteiger partial charge >= 0.3 is 0 Å². The predicted molar refractivity (Wildman–Crippen MR) is 234 cm³/mol. The topological polar surface area (TPSA) is 253 Å². The van der Waals surface area contributed by atoms with Gasteiger partial charge in [-0.15, -0.1) is 24.0 Å². The van der Waals surface area contributed by atoms with E-state index >= 15 is 0 Å². The molecule has 5 N–H and O–H groups in total. The average molecular weight is 909 g/mol. The molecule has 0 saturated carbocycles. The van der Waals surface area contributed by atoms with E-state index in [1.54, 1.807) is 67.8 Å². The molecule has 0 fully saturated rings. The molecule has 0 saturated heterocycles. The quantitative estimate of drug-likeness (QED) is 0.0211. The molecule has 19 nitrogen and oxygen atoms in total. The number of methoxy groups -OCH3 is 1. The van der Waals surface area contributed by atoms with Crippen LogP contribution in [0.4, 0.5) is 34.1 Å². The highest BCUT2D eigenvalue weighted by Gasteiger charge is 2.19. The zero-order valence-corrected chi connectivity index (χ0v) is 35.3. The maximum Gasteiger partial charge on any atom is 0.294 e. The fourth-order valence-corrected chi connectivity index (χ4v) is 8.14. The minimum atomic E-state index is -4.61. The van der Waals surface area contributed by atoms with Crippen LogP contribution in [-0.4, -0.2) is 50.7 Å². The lowest BCUT2D eigenvalue weighted by molar-refractivity contribution is -0.432. The molecule has 0 bridgehead atoms. The molecule has 1 heterocycles. The van der Waals surface area contributed by atoms with Crippen LogP contribution >= 0.6 is 24.1 Å². The molecule has 0 radical (unpaired) electrons. The zero-order valence-electron chi connectivity index (χ0n) is 32.9. The molecule has 0 aliphatic rings. The van der Waals surface area contributed by atoms with Crippen molar-refractivity contribution in [1.82, 2.24) is 15.0 Å². The zero-order chi connectivity index (χ0) is 44.3. The Morgan fingerprint density at radius 1 is 0.683 bits per heavy atom. The van der Waals surface area contributed by atoms with Crippen molar-refractivity contribution in [3.63, 3.8) is 0 Å². The van der Waals surface area contributed by atoms with Crippen molar-refractivity contribution in [2.24, 2.45) is 20.5 Å². The lowest BCUT2D eigenvalue weighted by Crippen LogP contribution is -1.99. The molecule has 8 rings (SSSR count). The standard InChI is InChI=1S/C41H32N8O11S3/c1-22-17-36(45-46-40-38(62-60-58-52)19-24-18-27(8-13-31(24)41(40)50)42-25-6-11-29(56-3)12-7-25)23(2)16-35(22)44-43-26-4-9-28(10-5-26)49-47-34-15-14-32-33(39(34)48-49)20-30(63(53,54)55)21-37(32)61-59-57-51/h4-21,42,50-52H,1-3H3,(H,53,54,55). The summed E-state index contributed by atoms with van der Waals surface area (Å²) in [4.78, 5) is 1.51. The number of hydrogen-bond donors (Lipinski definition) is 5. The van der Waals surface area contributed by atoms with Crippen LogP contribution in [0.3, 0.4) is 0 Å². The molecule has 7 aromatic carbocycles. The summed E-state index contributed by atoms with van der Waals surface area (Å²) >= 11 is 1.19. The normalized spacial score (nSPS) is 12.1. The number of nitrogens with one attached hydrogen (secondary N) is 1. The second kappa shape index (κ2) is 18.4. The molecule has 320 valence electrons. The number of rotatable bonds is 15. The number of benzene rings is 7. The first kappa shape index (κ1) is 43.1. The minimum absolute atomic E-state index is 0.0934. The van der Waals surface area contributed by atoms with Gasteiger partial charge in [0.15, 0.2) is 5.75 Å². The molecule has 63 heavy (non-hydrogen) atoms. The molecule has 0 aliphatic heterocycles. The molecule has 1 aromatic heterocycles. The van der Waals surface area contributed by atoms with Gasteiger partial charge in [0.1, 0.15) is 22.5 Å². The lowest BCUT2D eigenvalue weighted by atomic mass is 10.1. The van der Waals surface area contributed by atoms with Crippen LogP contribution in [0, 0.1) is 13.8 Å².